The van der Waals surface area contributed by atoms with Gasteiger partial charge in [-0.25, -0.2) is 5.09 Å². The van der Waals surface area contributed by atoms with E-state index < -0.39 is 26.2 Å². The topological polar surface area (TPSA) is 124 Å². The molecule has 0 heterocycles. The Morgan fingerprint density at radius 1 is 1.24 bits per heavy atom. The van der Waals surface area contributed by atoms with Crippen molar-refractivity contribution < 1.29 is 29.3 Å². The molecule has 0 saturated carbocycles. The molecule has 0 aliphatic rings. The van der Waals surface area contributed by atoms with Crippen molar-refractivity contribution >= 4 is 20.1 Å². The quantitative estimate of drug-likeness (QED) is 0.510. The first-order valence-corrected chi connectivity index (χ1v) is 6.64. The molecule has 0 radical (unpaired) electrons. The maximum Gasteiger partial charge on any atom is 0.321 e. The standard InChI is InChI=1S/C5H10NO6P.C4H10/c7-4(8)2-1-3(5(9)10)6-13(11)12;1-3-4-2/h3,13H,1-2H2,(H,7,8)(H,9,10)(H2,6,11,12);3-4H2,1-2H3. The normalized spacial score (nSPS) is 13.1. The Morgan fingerprint density at radius 2 is 1.71 bits per heavy atom. The molecule has 0 rings (SSSR count). The summed E-state index contributed by atoms with van der Waals surface area (Å²) in [7, 11) is -3.10. The van der Waals surface area contributed by atoms with Gasteiger partial charge in [0.05, 0.1) is 0 Å². The Balaban J connectivity index is 0. The molecule has 0 aromatic rings. The van der Waals surface area contributed by atoms with Crippen LogP contribution in [-0.4, -0.2) is 33.1 Å². The number of carboxylic acids is 2. The summed E-state index contributed by atoms with van der Waals surface area (Å²) in [6, 6.07) is -1.28. The van der Waals surface area contributed by atoms with Crippen LogP contribution in [0.1, 0.15) is 39.5 Å². The molecule has 0 aliphatic carbocycles. The van der Waals surface area contributed by atoms with Crippen LogP contribution in [0, 0.1) is 0 Å². The van der Waals surface area contributed by atoms with Gasteiger partial charge in [-0.1, -0.05) is 26.7 Å². The molecule has 4 N–H and O–H groups in total. The summed E-state index contributed by atoms with van der Waals surface area (Å²) in [6.45, 7) is 4.36. The van der Waals surface area contributed by atoms with E-state index in [1.807, 2.05) is 5.09 Å². The van der Waals surface area contributed by atoms with Crippen molar-refractivity contribution in [1.29, 1.82) is 0 Å². The molecule has 7 nitrogen and oxygen atoms in total. The molecule has 0 spiro atoms. The lowest BCUT2D eigenvalue weighted by atomic mass is 10.2. The van der Waals surface area contributed by atoms with E-state index in [0.717, 1.165) is 0 Å². The first-order chi connectivity index (χ1) is 7.84. The number of nitrogens with one attached hydrogen (secondary N) is 1. The van der Waals surface area contributed by atoms with Gasteiger partial charge in [-0.05, 0) is 6.42 Å². The summed E-state index contributed by atoms with van der Waals surface area (Å²) < 4.78 is 10.2. The summed E-state index contributed by atoms with van der Waals surface area (Å²) in [5.41, 5.74) is 0. The van der Waals surface area contributed by atoms with Crippen LogP contribution in [0.4, 0.5) is 0 Å². The largest absolute Gasteiger partial charge is 0.481 e. The van der Waals surface area contributed by atoms with Crippen molar-refractivity contribution in [1.82, 2.24) is 5.09 Å². The lowest BCUT2D eigenvalue weighted by Gasteiger charge is -2.09. The fourth-order valence-electron chi connectivity index (χ4n) is 0.674. The Bertz CT molecular complexity index is 256. The summed E-state index contributed by atoms with van der Waals surface area (Å²) in [6.07, 6.45) is 2.06. The van der Waals surface area contributed by atoms with Crippen LogP contribution < -0.4 is 5.09 Å². The number of aliphatic carboxylic acids is 2. The molecule has 2 unspecified atom stereocenters. The van der Waals surface area contributed by atoms with E-state index in [1.165, 1.54) is 12.8 Å². The van der Waals surface area contributed by atoms with E-state index in [9.17, 15) is 14.2 Å². The molecule has 0 amide bonds. The molecule has 17 heavy (non-hydrogen) atoms. The van der Waals surface area contributed by atoms with Crippen molar-refractivity contribution in [3.63, 3.8) is 0 Å². The van der Waals surface area contributed by atoms with E-state index >= 15 is 0 Å². The predicted molar refractivity (Wildman–Crippen MR) is 63.2 cm³/mol. The number of carboxylic acid groups (broad SMARTS) is 2. The van der Waals surface area contributed by atoms with Crippen LogP contribution in [0.3, 0.4) is 0 Å². The molecule has 0 fully saturated rings. The highest BCUT2D eigenvalue weighted by Crippen LogP contribution is 2.10. The summed E-state index contributed by atoms with van der Waals surface area (Å²) in [5.74, 6) is -2.49. The number of unbranched alkanes of at least 4 members (excludes halogenated alkanes) is 1. The zero-order chi connectivity index (χ0) is 13.8. The zero-order valence-corrected chi connectivity index (χ0v) is 11.0. The van der Waals surface area contributed by atoms with Crippen LogP contribution >= 0.6 is 8.18 Å². The van der Waals surface area contributed by atoms with E-state index in [2.05, 4.69) is 13.8 Å². The first-order valence-electron chi connectivity index (χ1n) is 5.29. The fraction of sp³-hybridized carbons (Fsp3) is 0.778. The lowest BCUT2D eigenvalue weighted by molar-refractivity contribution is -0.140. The van der Waals surface area contributed by atoms with Gasteiger partial charge in [0, 0.05) is 6.42 Å². The van der Waals surface area contributed by atoms with Crippen molar-refractivity contribution in [2.45, 2.75) is 45.6 Å². The summed E-state index contributed by atoms with van der Waals surface area (Å²) in [4.78, 5) is 28.8. The van der Waals surface area contributed by atoms with Crippen LogP contribution in [-0.2, 0) is 14.2 Å². The highest BCUT2D eigenvalue weighted by atomic mass is 31.1. The lowest BCUT2D eigenvalue weighted by Crippen LogP contribution is -2.32. The molecule has 0 saturated heterocycles. The number of rotatable bonds is 7. The Morgan fingerprint density at radius 3 is 1.94 bits per heavy atom. The van der Waals surface area contributed by atoms with Crippen molar-refractivity contribution in [2.24, 2.45) is 0 Å². The molecule has 0 aliphatic heterocycles. The highest BCUT2D eigenvalue weighted by molar-refractivity contribution is 7.35. The monoisotopic (exact) mass is 269 g/mol. The maximum atomic E-state index is 10.4. The first kappa shape index (κ1) is 18.5. The van der Waals surface area contributed by atoms with Crippen molar-refractivity contribution in [3.8, 4) is 0 Å². The SMILES string of the molecule is CCCC.O=C(O)CCC(N[PH](=O)O)C(=O)O. The van der Waals surface area contributed by atoms with E-state index in [-0.39, 0.29) is 12.8 Å². The third-order valence-corrected chi connectivity index (χ3v) is 2.34. The minimum atomic E-state index is -3.10. The van der Waals surface area contributed by atoms with Crippen LogP contribution in [0.25, 0.3) is 0 Å². The summed E-state index contributed by atoms with van der Waals surface area (Å²) in [5, 5.41) is 18.5. The van der Waals surface area contributed by atoms with Gasteiger partial charge < -0.3 is 15.1 Å². The second-order valence-corrected chi connectivity index (χ2v) is 4.17. The smallest absolute Gasteiger partial charge is 0.321 e. The third-order valence-electron chi connectivity index (χ3n) is 1.74. The van der Waals surface area contributed by atoms with Gasteiger partial charge in [-0.15, -0.1) is 0 Å². The van der Waals surface area contributed by atoms with E-state index in [0.29, 0.717) is 0 Å². The second kappa shape index (κ2) is 11.6. The molecule has 2 atom stereocenters. The second-order valence-electron chi connectivity index (χ2n) is 3.27. The fourth-order valence-corrected chi connectivity index (χ4v) is 1.24. The minimum Gasteiger partial charge on any atom is -0.481 e. The average molecular weight is 269 g/mol. The molecule has 0 aromatic heterocycles. The van der Waals surface area contributed by atoms with Crippen LogP contribution in [0.2, 0.25) is 0 Å². The predicted octanol–water partition coefficient (Wildman–Crippen LogP) is 1.08. The maximum absolute atomic E-state index is 10.4. The third kappa shape index (κ3) is 15.1. The molecule has 0 bridgehead atoms. The minimum absolute atomic E-state index is 0.221. The number of hydrogen-bond donors (Lipinski definition) is 4. The van der Waals surface area contributed by atoms with Gasteiger partial charge in [-0.3, -0.25) is 14.2 Å². The number of hydrogen-bond acceptors (Lipinski definition) is 3. The number of carbonyl (C=O) groups is 2. The molecule has 0 aromatic carbocycles. The average Bonchev–Trinajstić information content (AvgIpc) is 2.23. The summed E-state index contributed by atoms with van der Waals surface area (Å²) >= 11 is 0. The van der Waals surface area contributed by atoms with Gasteiger partial charge in [0.25, 0.3) is 8.18 Å². The van der Waals surface area contributed by atoms with Crippen LogP contribution in [0.5, 0.6) is 0 Å². The molecule has 8 heteroatoms. The Hall–Kier alpha value is -0.910. The van der Waals surface area contributed by atoms with Gasteiger partial charge in [0.2, 0.25) is 0 Å². The Kier molecular flexibility index (Phi) is 12.6. The zero-order valence-electron chi connectivity index (χ0n) is 9.97. The highest BCUT2D eigenvalue weighted by Gasteiger charge is 2.19. The van der Waals surface area contributed by atoms with Crippen LogP contribution in [0.15, 0.2) is 0 Å². The van der Waals surface area contributed by atoms with E-state index in [1.54, 1.807) is 0 Å². The van der Waals surface area contributed by atoms with Gasteiger partial charge in [0.1, 0.15) is 6.04 Å². The Labute approximate surface area is 101 Å². The molecular weight excluding hydrogens is 249 g/mol. The van der Waals surface area contributed by atoms with Gasteiger partial charge >= 0.3 is 11.9 Å². The molecular formula is C9H20NO6P. The molecule has 102 valence electrons. The van der Waals surface area contributed by atoms with Gasteiger partial charge in [0.15, 0.2) is 0 Å². The van der Waals surface area contributed by atoms with Gasteiger partial charge in [-0.2, -0.15) is 0 Å². The van der Waals surface area contributed by atoms with Crippen molar-refractivity contribution in [2.75, 3.05) is 0 Å². The van der Waals surface area contributed by atoms with E-state index in [4.69, 9.17) is 15.1 Å². The van der Waals surface area contributed by atoms with Crippen molar-refractivity contribution in [3.05, 3.63) is 0 Å².